The molecule has 11 heteroatoms. The third-order valence-corrected chi connectivity index (χ3v) is 3.40. The summed E-state index contributed by atoms with van der Waals surface area (Å²) in [6.07, 6.45) is -7.06. The Hall–Kier alpha value is -2.10. The van der Waals surface area contributed by atoms with E-state index in [0.29, 0.717) is 10.8 Å². The van der Waals surface area contributed by atoms with Crippen LogP contribution < -0.4 is 11.2 Å². The fraction of sp³-hybridized carbons (Fsp3) is 0.545. The maximum Gasteiger partial charge on any atom is 0.330 e. The Morgan fingerprint density at radius 3 is 2.64 bits per heavy atom. The highest BCUT2D eigenvalue weighted by molar-refractivity contribution is 5.15. The second-order valence-corrected chi connectivity index (χ2v) is 4.72. The number of nitrogens with zero attached hydrogens (tertiary/aromatic N) is 2. The molecule has 1 aromatic heterocycles. The van der Waals surface area contributed by atoms with Gasteiger partial charge in [0.05, 0.1) is 12.8 Å². The fourth-order valence-corrected chi connectivity index (χ4v) is 2.15. The number of rotatable bonds is 2. The summed E-state index contributed by atoms with van der Waals surface area (Å²) in [7, 11) is 0. The number of hydrogen-bond acceptors (Lipinski definition) is 8. The molecule has 10 nitrogen and oxygen atoms in total. The lowest BCUT2D eigenvalue weighted by atomic mass is 9.84. The number of H-pyrrole nitrogens is 1. The molecule has 0 spiro atoms. The van der Waals surface area contributed by atoms with Crippen molar-refractivity contribution in [2.45, 2.75) is 30.1 Å². The van der Waals surface area contributed by atoms with Gasteiger partial charge in [0.15, 0.2) is 6.23 Å². The molecule has 0 unspecified atom stereocenters. The molecule has 0 radical (unpaired) electrons. The Bertz CT molecular complexity index is 726. The van der Waals surface area contributed by atoms with Crippen molar-refractivity contribution in [3.05, 3.63) is 32.9 Å². The Morgan fingerprint density at radius 1 is 1.45 bits per heavy atom. The molecule has 0 saturated carbocycles. The Labute approximate surface area is 121 Å². The summed E-state index contributed by atoms with van der Waals surface area (Å²) in [5.41, 5.74) is -5.26. The molecule has 1 saturated heterocycles. The van der Waals surface area contributed by atoms with E-state index in [1.807, 2.05) is 0 Å². The zero-order valence-corrected chi connectivity index (χ0v) is 10.9. The molecule has 22 heavy (non-hydrogen) atoms. The normalized spacial score (nSPS) is 35.1. The van der Waals surface area contributed by atoms with Crippen molar-refractivity contribution in [3.63, 3.8) is 0 Å². The van der Waals surface area contributed by atoms with Crippen LogP contribution in [0.25, 0.3) is 0 Å². The standard InChI is InChI=1S/C11H12FN3O7/c12-4-1-15(10(20)14-8(4)19)9-7(18)11(21,3-13)6(17)5(2-16)22-9/h1,5-7,9,16-18,21H,2H2,(H,14,19,20)/t5-,6-,7+,9-,11+/m1/s1. The monoisotopic (exact) mass is 317 g/mol. The predicted octanol–water partition coefficient (Wildman–Crippen LogP) is -3.46. The van der Waals surface area contributed by atoms with E-state index in [2.05, 4.69) is 0 Å². The van der Waals surface area contributed by atoms with Crippen molar-refractivity contribution in [3.8, 4) is 6.07 Å². The number of aliphatic hydroxyl groups is 4. The van der Waals surface area contributed by atoms with Gasteiger partial charge in [-0.05, 0) is 0 Å². The molecule has 1 aliphatic heterocycles. The van der Waals surface area contributed by atoms with Gasteiger partial charge in [-0.3, -0.25) is 14.3 Å². The number of aromatic amines is 1. The zero-order valence-electron chi connectivity index (χ0n) is 10.9. The van der Waals surface area contributed by atoms with Crippen molar-refractivity contribution in [1.82, 2.24) is 9.55 Å². The summed E-state index contributed by atoms with van der Waals surface area (Å²) in [4.78, 5) is 24.3. The number of nitriles is 1. The van der Waals surface area contributed by atoms with Crippen LogP contribution in [-0.2, 0) is 4.74 Å². The Morgan fingerprint density at radius 2 is 2.09 bits per heavy atom. The van der Waals surface area contributed by atoms with Gasteiger partial charge in [0.1, 0.15) is 24.4 Å². The van der Waals surface area contributed by atoms with E-state index < -0.39 is 53.8 Å². The van der Waals surface area contributed by atoms with Crippen molar-refractivity contribution >= 4 is 0 Å². The molecule has 0 aromatic carbocycles. The van der Waals surface area contributed by atoms with E-state index in [1.54, 1.807) is 4.98 Å². The van der Waals surface area contributed by atoms with E-state index in [-0.39, 0.29) is 0 Å². The first-order valence-corrected chi connectivity index (χ1v) is 6.03. The van der Waals surface area contributed by atoms with E-state index in [4.69, 9.17) is 15.1 Å². The molecule has 0 aliphatic carbocycles. The first kappa shape index (κ1) is 16.3. The smallest absolute Gasteiger partial charge is 0.330 e. The average molecular weight is 317 g/mol. The van der Waals surface area contributed by atoms with Crippen molar-refractivity contribution in [2.75, 3.05) is 6.61 Å². The summed E-state index contributed by atoms with van der Waals surface area (Å²) in [5.74, 6) is -1.37. The van der Waals surface area contributed by atoms with Gasteiger partial charge in [0.2, 0.25) is 11.4 Å². The Kier molecular flexibility index (Phi) is 4.14. The molecule has 0 bridgehead atoms. The van der Waals surface area contributed by atoms with Crippen molar-refractivity contribution < 1.29 is 29.6 Å². The number of nitrogens with one attached hydrogen (secondary N) is 1. The van der Waals surface area contributed by atoms with E-state index >= 15 is 0 Å². The molecular formula is C11H12FN3O7. The van der Waals surface area contributed by atoms with E-state index in [9.17, 15) is 29.3 Å². The molecule has 2 rings (SSSR count). The lowest BCUT2D eigenvalue weighted by Gasteiger charge is -2.44. The molecule has 1 aliphatic rings. The number of hydrogen-bond donors (Lipinski definition) is 5. The first-order chi connectivity index (χ1) is 10.3. The van der Waals surface area contributed by atoms with Crippen molar-refractivity contribution in [1.29, 1.82) is 5.26 Å². The van der Waals surface area contributed by atoms with Crippen LogP contribution in [-0.4, -0.2) is 60.5 Å². The second-order valence-electron chi connectivity index (χ2n) is 4.72. The van der Waals surface area contributed by atoms with Crippen LogP contribution in [0.2, 0.25) is 0 Å². The number of ether oxygens (including phenoxy) is 1. The summed E-state index contributed by atoms with van der Waals surface area (Å²) >= 11 is 0. The lowest BCUT2D eigenvalue weighted by molar-refractivity contribution is -0.276. The summed E-state index contributed by atoms with van der Waals surface area (Å²) in [5, 5.41) is 47.8. The topological polar surface area (TPSA) is 169 Å². The minimum absolute atomic E-state index is 0.401. The van der Waals surface area contributed by atoms with Crippen LogP contribution in [0.5, 0.6) is 0 Å². The second kappa shape index (κ2) is 5.59. The summed E-state index contributed by atoms with van der Waals surface area (Å²) in [6, 6.07) is 1.27. The van der Waals surface area contributed by atoms with Gasteiger partial charge in [-0.15, -0.1) is 0 Å². The minimum atomic E-state index is -2.78. The molecular weight excluding hydrogens is 305 g/mol. The average Bonchev–Trinajstić information content (AvgIpc) is 2.49. The molecule has 0 amide bonds. The molecule has 5 N–H and O–H groups in total. The quantitative estimate of drug-likeness (QED) is 0.351. The van der Waals surface area contributed by atoms with Gasteiger partial charge in [0, 0.05) is 0 Å². The van der Waals surface area contributed by atoms with Crippen LogP contribution in [0.15, 0.2) is 15.8 Å². The van der Waals surface area contributed by atoms with E-state index in [0.717, 1.165) is 0 Å². The third-order valence-electron chi connectivity index (χ3n) is 3.40. The SMILES string of the molecule is N#C[C@]1(O)[C@H](O)[C@@H](CO)O[C@@H](n2cc(F)c(=O)[nH]c2=O)[C@@H]1O. The number of aliphatic hydroxyl groups excluding tert-OH is 3. The highest BCUT2D eigenvalue weighted by Crippen LogP contribution is 2.34. The van der Waals surface area contributed by atoms with Crippen LogP contribution in [0.1, 0.15) is 6.23 Å². The molecule has 120 valence electrons. The van der Waals surface area contributed by atoms with Gasteiger partial charge in [-0.1, -0.05) is 0 Å². The zero-order chi connectivity index (χ0) is 16.7. The number of aromatic nitrogens is 2. The fourth-order valence-electron chi connectivity index (χ4n) is 2.15. The van der Waals surface area contributed by atoms with Gasteiger partial charge >= 0.3 is 5.69 Å². The summed E-state index contributed by atoms with van der Waals surface area (Å²) in [6.45, 7) is -0.852. The molecule has 1 aromatic rings. The van der Waals surface area contributed by atoms with Crippen LogP contribution >= 0.6 is 0 Å². The van der Waals surface area contributed by atoms with Crippen LogP contribution in [0, 0.1) is 17.1 Å². The van der Waals surface area contributed by atoms with Crippen molar-refractivity contribution in [2.24, 2.45) is 0 Å². The van der Waals surface area contributed by atoms with Gasteiger partial charge in [-0.2, -0.15) is 9.65 Å². The summed E-state index contributed by atoms with van der Waals surface area (Å²) < 4.78 is 18.7. The maximum atomic E-state index is 13.3. The molecule has 5 atom stereocenters. The maximum absolute atomic E-state index is 13.3. The van der Waals surface area contributed by atoms with Gasteiger partial charge in [0.25, 0.3) is 5.56 Å². The van der Waals surface area contributed by atoms with Crippen LogP contribution in [0.3, 0.4) is 0 Å². The lowest BCUT2D eigenvalue weighted by Crippen LogP contribution is -2.65. The van der Waals surface area contributed by atoms with E-state index in [1.165, 1.54) is 6.07 Å². The van der Waals surface area contributed by atoms with Gasteiger partial charge in [-0.25, -0.2) is 4.79 Å². The third kappa shape index (κ3) is 2.32. The highest BCUT2D eigenvalue weighted by Gasteiger charge is 2.56. The largest absolute Gasteiger partial charge is 0.394 e. The highest BCUT2D eigenvalue weighted by atomic mass is 19.1. The Balaban J connectivity index is 2.56. The number of halogens is 1. The molecule has 2 heterocycles. The van der Waals surface area contributed by atoms with Crippen LogP contribution in [0.4, 0.5) is 4.39 Å². The predicted molar refractivity (Wildman–Crippen MR) is 64.9 cm³/mol. The molecule has 1 fully saturated rings. The minimum Gasteiger partial charge on any atom is -0.394 e. The van der Waals surface area contributed by atoms with Gasteiger partial charge < -0.3 is 25.2 Å². The first-order valence-electron chi connectivity index (χ1n) is 6.03.